The third kappa shape index (κ3) is 7.53. The van der Waals surface area contributed by atoms with Gasteiger partial charge in [-0.1, -0.05) is 60.7 Å². The lowest BCUT2D eigenvalue weighted by atomic mass is 10.2. The van der Waals surface area contributed by atoms with Gasteiger partial charge < -0.3 is 40.6 Å². The van der Waals surface area contributed by atoms with E-state index in [1.807, 2.05) is 59.6 Å². The van der Waals surface area contributed by atoms with Crippen molar-refractivity contribution in [1.82, 2.24) is 39.0 Å². The minimum Gasteiger partial charge on any atom is -0.395 e. The van der Waals surface area contributed by atoms with Gasteiger partial charge in [-0.2, -0.15) is 19.9 Å². The number of rotatable bonds is 12. The Kier molecular flexibility index (Phi) is 10.1. The molecule has 6 N–H and O–H groups in total. The van der Waals surface area contributed by atoms with Gasteiger partial charge in [-0.15, -0.1) is 0 Å². The summed E-state index contributed by atoms with van der Waals surface area (Å²) in [6.07, 6.45) is 3.42. The van der Waals surface area contributed by atoms with Crippen LogP contribution in [0.1, 0.15) is 11.1 Å². The predicted octanol–water partition coefficient (Wildman–Crippen LogP) is 2.76. The maximum atomic E-state index is 8.93. The van der Waals surface area contributed by atoms with Gasteiger partial charge in [0.15, 0.2) is 34.0 Å². The molecule has 4 heterocycles. The molecule has 2 aromatic carbocycles. The zero-order valence-electron chi connectivity index (χ0n) is 24.6. The van der Waals surface area contributed by atoms with Gasteiger partial charge in [0.05, 0.1) is 25.9 Å². The van der Waals surface area contributed by atoms with Gasteiger partial charge in [-0.25, -0.2) is 9.97 Å². The summed E-state index contributed by atoms with van der Waals surface area (Å²) in [5.74, 6) is 2.30. The molecule has 14 nitrogen and oxygen atoms in total. The van der Waals surface area contributed by atoms with E-state index >= 15 is 0 Å². The minimum absolute atomic E-state index is 0.0273. The number of anilines is 4. The van der Waals surface area contributed by atoms with Crippen molar-refractivity contribution in [1.29, 1.82) is 0 Å². The van der Waals surface area contributed by atoms with Crippen LogP contribution in [0.4, 0.5) is 23.5 Å². The Hall–Kier alpha value is -5.34. The molecule has 0 atom stereocenters. The summed E-state index contributed by atoms with van der Waals surface area (Å²) in [4.78, 5) is 26.4. The van der Waals surface area contributed by atoms with Gasteiger partial charge in [-0.05, 0) is 11.1 Å². The Balaban J connectivity index is 0.000000175. The van der Waals surface area contributed by atoms with Crippen LogP contribution in [0.25, 0.3) is 22.3 Å². The zero-order valence-corrected chi connectivity index (χ0v) is 24.6. The lowest BCUT2D eigenvalue weighted by molar-refractivity contribution is 0.310. The number of aryl methyl sites for hydroxylation is 2. The quantitative estimate of drug-likeness (QED) is 0.122. The largest absolute Gasteiger partial charge is 0.395 e. The highest BCUT2D eigenvalue weighted by atomic mass is 16.3. The number of nitrogens with one attached hydrogen (secondary N) is 4. The molecule has 14 heteroatoms. The Morgan fingerprint density at radius 2 is 0.977 bits per heavy atom. The fraction of sp³-hybridized carbons (Fsp3) is 0.267. The number of aromatic nitrogens is 8. The minimum atomic E-state index is 0.0273. The molecular weight excluding hydrogens is 560 g/mol. The molecule has 0 spiro atoms. The van der Waals surface area contributed by atoms with Crippen molar-refractivity contribution in [3.8, 4) is 0 Å². The number of hydrogen-bond donors (Lipinski definition) is 6. The summed E-state index contributed by atoms with van der Waals surface area (Å²) in [6.45, 7) is 2.17. The third-order valence-corrected chi connectivity index (χ3v) is 6.51. The van der Waals surface area contributed by atoms with E-state index in [4.69, 9.17) is 10.2 Å². The standard InChI is InChI=1S/2C15H18N6O/c2*1-21-10-18-12-13(17-9-11-5-3-2-4-6-11)19-15(16-7-8-22)20-14(12)21/h2*2-6,10,22H,7-9H2,1H3,(H2,16,17,19,20). The smallest absolute Gasteiger partial charge is 0.226 e. The average molecular weight is 597 g/mol. The highest BCUT2D eigenvalue weighted by Gasteiger charge is 2.13. The van der Waals surface area contributed by atoms with Crippen LogP contribution in [0.2, 0.25) is 0 Å². The summed E-state index contributed by atoms with van der Waals surface area (Å²) < 4.78 is 3.68. The zero-order chi connectivity index (χ0) is 30.7. The molecule has 6 aromatic rings. The molecular formula is C30H36N12O2. The number of fused-ring (bicyclic) bond motifs is 2. The lowest BCUT2D eigenvalue weighted by Gasteiger charge is -2.09. The van der Waals surface area contributed by atoms with Gasteiger partial charge in [0.2, 0.25) is 11.9 Å². The third-order valence-electron chi connectivity index (χ3n) is 6.51. The van der Waals surface area contributed by atoms with Crippen LogP contribution in [0.3, 0.4) is 0 Å². The van der Waals surface area contributed by atoms with Crippen molar-refractivity contribution in [2.24, 2.45) is 14.1 Å². The number of benzene rings is 2. The van der Waals surface area contributed by atoms with E-state index in [9.17, 15) is 0 Å². The van der Waals surface area contributed by atoms with Crippen LogP contribution in [0.5, 0.6) is 0 Å². The van der Waals surface area contributed by atoms with Crippen molar-refractivity contribution in [3.05, 3.63) is 84.4 Å². The first kappa shape index (κ1) is 30.1. The van der Waals surface area contributed by atoms with E-state index in [1.165, 1.54) is 0 Å². The molecule has 4 aromatic heterocycles. The predicted molar refractivity (Wildman–Crippen MR) is 171 cm³/mol. The number of imidazole rings is 2. The van der Waals surface area contributed by atoms with E-state index < -0.39 is 0 Å². The molecule has 0 aliphatic carbocycles. The second-order valence-corrected chi connectivity index (χ2v) is 9.83. The Morgan fingerprint density at radius 1 is 0.568 bits per heavy atom. The normalized spacial score (nSPS) is 10.8. The number of hydrogen-bond acceptors (Lipinski definition) is 12. The van der Waals surface area contributed by atoms with Crippen molar-refractivity contribution in [2.45, 2.75) is 13.1 Å². The first-order chi connectivity index (χ1) is 21.6. The van der Waals surface area contributed by atoms with Crippen LogP contribution < -0.4 is 21.3 Å². The van der Waals surface area contributed by atoms with E-state index in [0.717, 1.165) is 33.5 Å². The fourth-order valence-corrected chi connectivity index (χ4v) is 4.32. The van der Waals surface area contributed by atoms with Gasteiger partial charge >= 0.3 is 0 Å². The van der Waals surface area contributed by atoms with Crippen LogP contribution in [0, 0.1) is 0 Å². The van der Waals surface area contributed by atoms with Crippen molar-refractivity contribution in [3.63, 3.8) is 0 Å². The molecule has 0 aliphatic heterocycles. The summed E-state index contributed by atoms with van der Waals surface area (Å²) in [5.41, 5.74) is 5.27. The van der Waals surface area contributed by atoms with E-state index in [-0.39, 0.29) is 13.2 Å². The molecule has 0 saturated carbocycles. The van der Waals surface area contributed by atoms with Gasteiger partial charge in [0.1, 0.15) is 0 Å². The maximum Gasteiger partial charge on any atom is 0.226 e. The van der Waals surface area contributed by atoms with Gasteiger partial charge in [-0.3, -0.25) is 0 Å². The van der Waals surface area contributed by atoms with Gasteiger partial charge in [0, 0.05) is 40.3 Å². The van der Waals surface area contributed by atoms with Crippen LogP contribution in [-0.2, 0) is 27.2 Å². The van der Waals surface area contributed by atoms with Crippen molar-refractivity contribution >= 4 is 45.9 Å². The van der Waals surface area contributed by atoms with E-state index in [2.05, 4.69) is 75.4 Å². The highest BCUT2D eigenvalue weighted by Crippen LogP contribution is 2.22. The monoisotopic (exact) mass is 596 g/mol. The summed E-state index contributed by atoms with van der Waals surface area (Å²) in [5, 5.41) is 30.4. The topological polar surface area (TPSA) is 176 Å². The molecule has 0 amide bonds. The molecule has 228 valence electrons. The molecule has 0 fully saturated rings. The number of aliphatic hydroxyl groups is 2. The van der Waals surface area contributed by atoms with Gasteiger partial charge in [0.25, 0.3) is 0 Å². The number of aliphatic hydroxyl groups excluding tert-OH is 2. The van der Waals surface area contributed by atoms with E-state index in [1.54, 1.807) is 12.7 Å². The van der Waals surface area contributed by atoms with Crippen molar-refractivity contribution in [2.75, 3.05) is 47.6 Å². The highest BCUT2D eigenvalue weighted by molar-refractivity contribution is 5.85. The fourth-order valence-electron chi connectivity index (χ4n) is 4.32. The summed E-state index contributed by atoms with van der Waals surface area (Å²) in [6, 6.07) is 20.2. The molecule has 0 aliphatic rings. The second kappa shape index (κ2) is 14.7. The first-order valence-corrected chi connectivity index (χ1v) is 14.2. The van der Waals surface area contributed by atoms with E-state index in [0.29, 0.717) is 49.7 Å². The van der Waals surface area contributed by atoms with Crippen LogP contribution in [0.15, 0.2) is 73.3 Å². The molecule has 0 saturated heterocycles. The molecule has 0 unspecified atom stereocenters. The molecule has 44 heavy (non-hydrogen) atoms. The SMILES string of the molecule is Cn1cnc2c(NCc3ccccc3)nc(NCCO)nc21.Cn1cnc2c(NCc3ccccc3)nc(NCCO)nc21. The molecule has 0 bridgehead atoms. The van der Waals surface area contributed by atoms with Crippen LogP contribution >= 0.6 is 0 Å². The first-order valence-electron chi connectivity index (χ1n) is 14.2. The summed E-state index contributed by atoms with van der Waals surface area (Å²) in [7, 11) is 3.78. The Morgan fingerprint density at radius 3 is 1.36 bits per heavy atom. The molecule has 6 rings (SSSR count). The summed E-state index contributed by atoms with van der Waals surface area (Å²) >= 11 is 0. The Bertz CT molecular complexity index is 1640. The molecule has 0 radical (unpaired) electrons. The Labute approximate surface area is 254 Å². The number of nitrogens with zero attached hydrogens (tertiary/aromatic N) is 8. The maximum absolute atomic E-state index is 8.93. The second-order valence-electron chi connectivity index (χ2n) is 9.83. The lowest BCUT2D eigenvalue weighted by Crippen LogP contribution is -2.11. The average Bonchev–Trinajstić information content (AvgIpc) is 3.63. The van der Waals surface area contributed by atoms with Crippen LogP contribution in [-0.4, -0.2) is 75.6 Å². The van der Waals surface area contributed by atoms with Crippen molar-refractivity contribution < 1.29 is 10.2 Å².